The number of fused-ring (bicyclic) bond motifs is 3. The minimum atomic E-state index is -0.258. The van der Waals surface area contributed by atoms with E-state index in [4.69, 9.17) is 4.74 Å². The Morgan fingerprint density at radius 1 is 1.06 bits per heavy atom. The molecule has 8 heteroatoms. The highest BCUT2D eigenvalue weighted by atomic mass is 79.9. The van der Waals surface area contributed by atoms with Crippen LogP contribution in [0.2, 0.25) is 0 Å². The molecule has 0 saturated carbocycles. The van der Waals surface area contributed by atoms with Crippen LogP contribution >= 0.6 is 40.7 Å². The third kappa shape index (κ3) is 4.79. The Balaban J connectivity index is 0.00000144. The van der Waals surface area contributed by atoms with E-state index < -0.39 is 0 Å². The van der Waals surface area contributed by atoms with Gasteiger partial charge in [-0.25, -0.2) is 4.79 Å². The van der Waals surface area contributed by atoms with E-state index >= 15 is 0 Å². The zero-order valence-electron chi connectivity index (χ0n) is 17.2. The second-order valence-corrected chi connectivity index (χ2v) is 8.61. The standard InChI is InChI=1S/C24H22BrN3O2.2ClH/c25-17-11-16(12-26-13-17)23-14-28(10-9-27-23)24(29)30-15-22-20-7-3-1-5-18(20)19-6-2-4-8-21(19)22;;/h1-8,11-13,22-23,27H,9-10,14-15H2;2*1H. The number of carbonyl (C=O) groups excluding carboxylic acids is 1. The second kappa shape index (κ2) is 10.7. The summed E-state index contributed by atoms with van der Waals surface area (Å²) in [5.74, 6) is 0.0781. The highest BCUT2D eigenvalue weighted by Crippen LogP contribution is 2.44. The lowest BCUT2D eigenvalue weighted by Gasteiger charge is -2.33. The fourth-order valence-electron chi connectivity index (χ4n) is 4.44. The van der Waals surface area contributed by atoms with Crippen LogP contribution in [0.5, 0.6) is 0 Å². The van der Waals surface area contributed by atoms with Crippen molar-refractivity contribution in [3.8, 4) is 11.1 Å². The van der Waals surface area contributed by atoms with E-state index in [0.29, 0.717) is 19.7 Å². The van der Waals surface area contributed by atoms with Crippen LogP contribution in [-0.2, 0) is 4.74 Å². The molecule has 0 spiro atoms. The lowest BCUT2D eigenvalue weighted by molar-refractivity contribution is 0.0883. The number of amides is 1. The Kier molecular flexibility index (Phi) is 8.17. The van der Waals surface area contributed by atoms with Crippen molar-refractivity contribution in [1.29, 1.82) is 0 Å². The van der Waals surface area contributed by atoms with Gasteiger partial charge in [0.15, 0.2) is 0 Å². The molecule has 1 saturated heterocycles. The number of hydrogen-bond donors (Lipinski definition) is 1. The summed E-state index contributed by atoms with van der Waals surface area (Å²) in [4.78, 5) is 18.9. The molecule has 0 radical (unpaired) electrons. The van der Waals surface area contributed by atoms with Gasteiger partial charge in [-0.3, -0.25) is 4.98 Å². The number of aromatic nitrogens is 1. The average Bonchev–Trinajstić information content (AvgIpc) is 3.11. The SMILES string of the molecule is Cl.Cl.O=C(OCC1c2ccccc2-c2ccccc21)N1CCNC(c2cncc(Br)c2)C1. The molecule has 1 atom stereocenters. The van der Waals surface area contributed by atoms with Crippen LogP contribution in [-0.4, -0.2) is 42.2 Å². The van der Waals surface area contributed by atoms with Gasteiger partial charge in [0.05, 0.1) is 6.04 Å². The normalized spacial score (nSPS) is 16.9. The molecule has 1 aliphatic heterocycles. The molecule has 2 heterocycles. The average molecular weight is 537 g/mol. The first-order chi connectivity index (χ1) is 14.7. The topological polar surface area (TPSA) is 54.5 Å². The molecule has 1 aromatic heterocycles. The van der Waals surface area contributed by atoms with E-state index in [9.17, 15) is 4.79 Å². The summed E-state index contributed by atoms with van der Waals surface area (Å²) >= 11 is 3.47. The van der Waals surface area contributed by atoms with E-state index in [-0.39, 0.29) is 42.9 Å². The third-order valence-corrected chi connectivity index (χ3v) is 6.33. The Labute approximate surface area is 208 Å². The Hall–Kier alpha value is -2.12. The van der Waals surface area contributed by atoms with Gasteiger partial charge in [-0.1, -0.05) is 48.5 Å². The molecular formula is C24H24BrCl2N3O2. The number of pyridine rings is 1. The van der Waals surface area contributed by atoms with Crippen LogP contribution in [0.1, 0.15) is 28.7 Å². The number of piperazine rings is 1. The van der Waals surface area contributed by atoms with Gasteiger partial charge in [0.25, 0.3) is 0 Å². The molecule has 1 fully saturated rings. The van der Waals surface area contributed by atoms with E-state index in [2.05, 4.69) is 62.6 Å². The predicted molar refractivity (Wildman–Crippen MR) is 134 cm³/mol. The minimum absolute atomic E-state index is 0. The van der Waals surface area contributed by atoms with Crippen molar-refractivity contribution >= 4 is 46.8 Å². The number of ether oxygens (including phenoxy) is 1. The fraction of sp³-hybridized carbons (Fsp3) is 0.250. The van der Waals surface area contributed by atoms with Crippen molar-refractivity contribution in [2.45, 2.75) is 12.0 Å². The minimum Gasteiger partial charge on any atom is -0.448 e. The number of halogens is 3. The number of nitrogens with zero attached hydrogens (tertiary/aromatic N) is 2. The molecule has 5 rings (SSSR count). The quantitative estimate of drug-likeness (QED) is 0.474. The summed E-state index contributed by atoms with van der Waals surface area (Å²) < 4.78 is 6.75. The number of benzene rings is 2. The van der Waals surface area contributed by atoms with Gasteiger partial charge in [-0.05, 0) is 49.8 Å². The van der Waals surface area contributed by atoms with Gasteiger partial charge < -0.3 is 15.0 Å². The van der Waals surface area contributed by atoms with Crippen molar-refractivity contribution in [2.24, 2.45) is 0 Å². The molecule has 2 aromatic carbocycles. The predicted octanol–water partition coefficient (Wildman–Crippen LogP) is 5.58. The summed E-state index contributed by atoms with van der Waals surface area (Å²) in [5, 5.41) is 3.46. The van der Waals surface area contributed by atoms with Gasteiger partial charge in [0.1, 0.15) is 6.61 Å². The lowest BCUT2D eigenvalue weighted by Crippen LogP contribution is -2.48. The van der Waals surface area contributed by atoms with E-state index in [0.717, 1.165) is 16.6 Å². The largest absolute Gasteiger partial charge is 0.448 e. The summed E-state index contributed by atoms with van der Waals surface area (Å²) in [7, 11) is 0. The monoisotopic (exact) mass is 535 g/mol. The number of carbonyl (C=O) groups is 1. The number of nitrogens with one attached hydrogen (secondary N) is 1. The molecule has 1 unspecified atom stereocenters. The molecule has 168 valence electrons. The first-order valence-electron chi connectivity index (χ1n) is 10.1. The van der Waals surface area contributed by atoms with Crippen LogP contribution in [0, 0.1) is 0 Å². The van der Waals surface area contributed by atoms with Gasteiger partial charge in [0, 0.05) is 42.4 Å². The second-order valence-electron chi connectivity index (χ2n) is 7.69. The highest BCUT2D eigenvalue weighted by Gasteiger charge is 2.31. The van der Waals surface area contributed by atoms with Crippen molar-refractivity contribution in [1.82, 2.24) is 15.2 Å². The molecule has 1 amide bonds. The van der Waals surface area contributed by atoms with Gasteiger partial charge in [0.2, 0.25) is 0 Å². The van der Waals surface area contributed by atoms with Crippen LogP contribution in [0.4, 0.5) is 4.79 Å². The third-order valence-electron chi connectivity index (χ3n) is 5.90. The Morgan fingerprint density at radius 2 is 1.72 bits per heavy atom. The molecule has 32 heavy (non-hydrogen) atoms. The maximum Gasteiger partial charge on any atom is 0.409 e. The maximum absolute atomic E-state index is 12.9. The molecule has 0 bridgehead atoms. The molecule has 1 N–H and O–H groups in total. The molecule has 5 nitrogen and oxygen atoms in total. The highest BCUT2D eigenvalue weighted by molar-refractivity contribution is 9.10. The van der Waals surface area contributed by atoms with Crippen LogP contribution in [0.3, 0.4) is 0 Å². The number of hydrogen-bond acceptors (Lipinski definition) is 4. The maximum atomic E-state index is 12.9. The lowest BCUT2D eigenvalue weighted by atomic mass is 9.98. The van der Waals surface area contributed by atoms with Gasteiger partial charge in [-0.15, -0.1) is 24.8 Å². The molecule has 3 aromatic rings. The summed E-state index contributed by atoms with van der Waals surface area (Å²) in [6.07, 6.45) is 3.34. The zero-order chi connectivity index (χ0) is 20.5. The van der Waals surface area contributed by atoms with Crippen LogP contribution in [0.15, 0.2) is 71.5 Å². The van der Waals surface area contributed by atoms with Gasteiger partial charge in [-0.2, -0.15) is 0 Å². The summed E-state index contributed by atoms with van der Waals surface area (Å²) in [6, 6.07) is 18.8. The summed E-state index contributed by atoms with van der Waals surface area (Å²) in [6.45, 7) is 2.27. The molecular weight excluding hydrogens is 513 g/mol. The molecule has 1 aliphatic carbocycles. The summed E-state index contributed by atoms with van der Waals surface area (Å²) in [5.41, 5.74) is 5.98. The van der Waals surface area contributed by atoms with Crippen molar-refractivity contribution in [3.63, 3.8) is 0 Å². The first-order valence-corrected chi connectivity index (χ1v) is 10.9. The smallest absolute Gasteiger partial charge is 0.409 e. The first kappa shape index (κ1) is 24.5. The van der Waals surface area contributed by atoms with E-state index in [1.165, 1.54) is 22.3 Å². The molecule has 2 aliphatic rings. The fourth-order valence-corrected chi connectivity index (χ4v) is 4.83. The van der Waals surface area contributed by atoms with Gasteiger partial charge >= 0.3 is 6.09 Å². The van der Waals surface area contributed by atoms with Crippen molar-refractivity contribution in [3.05, 3.63) is 88.2 Å². The van der Waals surface area contributed by atoms with Crippen molar-refractivity contribution < 1.29 is 9.53 Å². The van der Waals surface area contributed by atoms with E-state index in [1.807, 2.05) is 24.4 Å². The zero-order valence-corrected chi connectivity index (χ0v) is 20.5. The Morgan fingerprint density at radius 3 is 2.38 bits per heavy atom. The van der Waals surface area contributed by atoms with Crippen molar-refractivity contribution in [2.75, 3.05) is 26.2 Å². The Bertz CT molecular complexity index is 1050. The number of rotatable bonds is 3. The van der Waals surface area contributed by atoms with E-state index in [1.54, 1.807) is 11.1 Å². The van der Waals surface area contributed by atoms with Crippen LogP contribution in [0.25, 0.3) is 11.1 Å². The van der Waals surface area contributed by atoms with Crippen LogP contribution < -0.4 is 5.32 Å².